The Labute approximate surface area is 205 Å². The minimum atomic E-state index is -3.99. The lowest BCUT2D eigenvalue weighted by Gasteiger charge is -2.17. The predicted octanol–water partition coefficient (Wildman–Crippen LogP) is 4.10. The van der Waals surface area contributed by atoms with Gasteiger partial charge < -0.3 is 5.32 Å². The van der Waals surface area contributed by atoms with Crippen molar-refractivity contribution in [1.82, 2.24) is 10.2 Å². The topological polar surface area (TPSA) is 125 Å². The smallest absolute Gasteiger partial charge is 0.261 e. The SMILES string of the molecule is O=C(CCCCC[C@H](NS(=O)(=O)c1ccc(-c2ccccc2)cc1)C(=O)NO)Nc1ccccc1. The number of hydrogen-bond acceptors (Lipinski definition) is 5. The molecule has 3 aromatic carbocycles. The van der Waals surface area contributed by atoms with Gasteiger partial charge in [0.2, 0.25) is 15.9 Å². The Morgan fingerprint density at radius 1 is 0.771 bits per heavy atom. The standard InChI is InChI=1S/C26H29N3O5S/c30-25(27-22-12-6-2-7-13-22)15-9-3-8-14-24(26(31)28-32)29-35(33,34)23-18-16-21(17-19-23)20-10-4-1-5-11-20/h1-2,4-7,10-13,16-19,24,29,32H,3,8-9,14-15H2,(H,27,30)(H,28,31)/t24-/m0/s1. The molecule has 184 valence electrons. The third-order valence-electron chi connectivity index (χ3n) is 5.45. The average molecular weight is 496 g/mol. The highest BCUT2D eigenvalue weighted by atomic mass is 32.2. The molecule has 1 atom stereocenters. The molecule has 8 nitrogen and oxygen atoms in total. The maximum atomic E-state index is 12.8. The number of nitrogens with one attached hydrogen (secondary N) is 3. The first-order chi connectivity index (χ1) is 16.9. The zero-order chi connectivity index (χ0) is 25.1. The summed E-state index contributed by atoms with van der Waals surface area (Å²) in [6.07, 6.45) is 2.18. The Morgan fingerprint density at radius 3 is 2.00 bits per heavy atom. The van der Waals surface area contributed by atoms with Crippen molar-refractivity contribution in [1.29, 1.82) is 0 Å². The predicted molar refractivity (Wildman–Crippen MR) is 134 cm³/mol. The van der Waals surface area contributed by atoms with Crippen molar-refractivity contribution in [3.8, 4) is 11.1 Å². The highest BCUT2D eigenvalue weighted by Crippen LogP contribution is 2.21. The number of amides is 2. The maximum absolute atomic E-state index is 12.8. The second-order valence-corrected chi connectivity index (χ2v) is 9.77. The van der Waals surface area contributed by atoms with Gasteiger partial charge in [-0.15, -0.1) is 0 Å². The zero-order valence-corrected chi connectivity index (χ0v) is 20.0. The van der Waals surface area contributed by atoms with Crippen LogP contribution < -0.4 is 15.5 Å². The maximum Gasteiger partial charge on any atom is 0.261 e. The van der Waals surface area contributed by atoms with Crippen molar-refractivity contribution in [2.75, 3.05) is 5.32 Å². The molecule has 0 fully saturated rings. The van der Waals surface area contributed by atoms with Crippen LogP contribution in [0.15, 0.2) is 89.8 Å². The molecule has 0 heterocycles. The Morgan fingerprint density at radius 2 is 1.37 bits per heavy atom. The van der Waals surface area contributed by atoms with Crippen LogP contribution in [0.5, 0.6) is 0 Å². The number of sulfonamides is 1. The molecule has 35 heavy (non-hydrogen) atoms. The number of benzene rings is 3. The number of hydroxylamine groups is 1. The summed E-state index contributed by atoms with van der Waals surface area (Å²) >= 11 is 0. The van der Waals surface area contributed by atoms with E-state index in [2.05, 4.69) is 10.0 Å². The first-order valence-electron chi connectivity index (χ1n) is 11.4. The number of anilines is 1. The minimum absolute atomic E-state index is 0.0190. The van der Waals surface area contributed by atoms with Crippen molar-refractivity contribution in [2.24, 2.45) is 0 Å². The molecule has 0 saturated carbocycles. The number of unbranched alkanes of at least 4 members (excludes halogenated alkanes) is 2. The van der Waals surface area contributed by atoms with Crippen molar-refractivity contribution >= 4 is 27.5 Å². The van der Waals surface area contributed by atoms with E-state index in [0.717, 1.165) is 16.8 Å². The molecule has 3 aromatic rings. The number of hydrogen-bond donors (Lipinski definition) is 4. The van der Waals surface area contributed by atoms with Crippen LogP contribution in [-0.2, 0) is 19.6 Å². The van der Waals surface area contributed by atoms with E-state index < -0.39 is 22.0 Å². The van der Waals surface area contributed by atoms with Crippen LogP contribution in [0.1, 0.15) is 32.1 Å². The number of carbonyl (C=O) groups is 2. The minimum Gasteiger partial charge on any atom is -0.326 e. The monoisotopic (exact) mass is 495 g/mol. The van der Waals surface area contributed by atoms with Crippen molar-refractivity contribution < 1.29 is 23.2 Å². The summed E-state index contributed by atoms with van der Waals surface area (Å²) in [5, 5.41) is 11.9. The van der Waals surface area contributed by atoms with Crippen LogP contribution in [0.4, 0.5) is 5.69 Å². The molecule has 0 aliphatic heterocycles. The van der Waals surface area contributed by atoms with Gasteiger partial charge in [-0.25, -0.2) is 13.9 Å². The first-order valence-corrected chi connectivity index (χ1v) is 12.8. The summed E-state index contributed by atoms with van der Waals surface area (Å²) in [6.45, 7) is 0. The van der Waals surface area contributed by atoms with Crippen LogP contribution in [0.3, 0.4) is 0 Å². The van der Waals surface area contributed by atoms with E-state index in [1.165, 1.54) is 17.6 Å². The average Bonchev–Trinajstić information content (AvgIpc) is 2.88. The van der Waals surface area contributed by atoms with Crippen molar-refractivity contribution in [2.45, 2.75) is 43.0 Å². The summed E-state index contributed by atoms with van der Waals surface area (Å²) in [4.78, 5) is 24.1. The lowest BCUT2D eigenvalue weighted by molar-refractivity contribution is -0.131. The molecule has 0 saturated heterocycles. The number of para-hydroxylation sites is 1. The molecule has 0 bridgehead atoms. The third kappa shape index (κ3) is 8.03. The summed E-state index contributed by atoms with van der Waals surface area (Å²) < 4.78 is 28.0. The molecule has 0 aromatic heterocycles. The van der Waals surface area contributed by atoms with E-state index in [4.69, 9.17) is 5.21 Å². The summed E-state index contributed by atoms with van der Waals surface area (Å²) in [7, 11) is -3.99. The second-order valence-electron chi connectivity index (χ2n) is 8.05. The molecule has 2 amide bonds. The van der Waals surface area contributed by atoms with Crippen molar-refractivity contribution in [3.05, 3.63) is 84.9 Å². The number of carbonyl (C=O) groups excluding carboxylic acids is 2. The van der Waals surface area contributed by atoms with Gasteiger partial charge >= 0.3 is 0 Å². The van der Waals surface area contributed by atoms with Crippen LogP contribution in [-0.4, -0.2) is 31.5 Å². The van der Waals surface area contributed by atoms with Crippen LogP contribution >= 0.6 is 0 Å². The normalized spacial score (nSPS) is 12.0. The summed E-state index contributed by atoms with van der Waals surface area (Å²) in [5.41, 5.74) is 4.08. The van der Waals surface area contributed by atoms with E-state index in [-0.39, 0.29) is 17.2 Å². The van der Waals surface area contributed by atoms with E-state index in [1.807, 2.05) is 48.5 Å². The molecule has 0 radical (unpaired) electrons. The molecule has 4 N–H and O–H groups in total. The highest BCUT2D eigenvalue weighted by molar-refractivity contribution is 7.89. The van der Waals surface area contributed by atoms with Gasteiger partial charge in [0.15, 0.2) is 0 Å². The van der Waals surface area contributed by atoms with Crippen LogP contribution in [0.25, 0.3) is 11.1 Å². The van der Waals surface area contributed by atoms with Gasteiger partial charge in [0.05, 0.1) is 4.90 Å². The largest absolute Gasteiger partial charge is 0.326 e. The molecular weight excluding hydrogens is 466 g/mol. The first kappa shape index (κ1) is 26.1. The van der Waals surface area contributed by atoms with Gasteiger partial charge in [0.1, 0.15) is 6.04 Å². The van der Waals surface area contributed by atoms with E-state index >= 15 is 0 Å². The van der Waals surface area contributed by atoms with Crippen LogP contribution in [0, 0.1) is 0 Å². The Hall–Kier alpha value is -3.53. The molecule has 0 unspecified atom stereocenters. The molecule has 0 spiro atoms. The quantitative estimate of drug-likeness (QED) is 0.171. The fraction of sp³-hybridized carbons (Fsp3) is 0.231. The lowest BCUT2D eigenvalue weighted by Crippen LogP contribution is -2.45. The summed E-state index contributed by atoms with van der Waals surface area (Å²) in [5.74, 6) is -0.947. The van der Waals surface area contributed by atoms with Gasteiger partial charge in [-0.3, -0.25) is 14.8 Å². The highest BCUT2D eigenvalue weighted by Gasteiger charge is 2.25. The molecule has 9 heteroatoms. The Kier molecular flexibility index (Phi) is 9.54. The van der Waals surface area contributed by atoms with Gasteiger partial charge in [0.25, 0.3) is 5.91 Å². The van der Waals surface area contributed by atoms with Crippen LogP contribution in [0.2, 0.25) is 0 Å². The van der Waals surface area contributed by atoms with Gasteiger partial charge in [-0.05, 0) is 48.2 Å². The van der Waals surface area contributed by atoms with Gasteiger partial charge in [-0.1, -0.05) is 73.5 Å². The molecule has 0 aliphatic carbocycles. The van der Waals surface area contributed by atoms with Crippen molar-refractivity contribution in [3.63, 3.8) is 0 Å². The Bertz CT molecular complexity index is 1200. The fourth-order valence-corrected chi connectivity index (χ4v) is 4.82. The molecule has 0 aliphatic rings. The number of rotatable bonds is 12. The third-order valence-corrected chi connectivity index (χ3v) is 6.94. The lowest BCUT2D eigenvalue weighted by atomic mass is 10.1. The van der Waals surface area contributed by atoms with E-state index in [9.17, 15) is 18.0 Å². The van der Waals surface area contributed by atoms with Gasteiger partial charge in [-0.2, -0.15) is 4.72 Å². The van der Waals surface area contributed by atoms with E-state index in [1.54, 1.807) is 24.3 Å². The second kappa shape index (κ2) is 12.8. The molecule has 3 rings (SSSR count). The Balaban J connectivity index is 1.51. The molecular formula is C26H29N3O5S. The summed E-state index contributed by atoms with van der Waals surface area (Å²) in [6, 6.07) is 23.9. The van der Waals surface area contributed by atoms with E-state index in [0.29, 0.717) is 25.7 Å². The fourth-order valence-electron chi connectivity index (χ4n) is 3.59. The zero-order valence-electron chi connectivity index (χ0n) is 19.2. The van der Waals surface area contributed by atoms with Gasteiger partial charge in [0, 0.05) is 12.1 Å².